The molecule has 2 unspecified atom stereocenters. The summed E-state index contributed by atoms with van der Waals surface area (Å²) in [5.41, 5.74) is 10.7. The Morgan fingerprint density at radius 3 is 1.25 bits per heavy atom. The van der Waals surface area contributed by atoms with Crippen LogP contribution in [-0.2, 0) is 36.8 Å². The van der Waals surface area contributed by atoms with E-state index in [9.17, 15) is 33.9 Å². The first kappa shape index (κ1) is 79.4. The number of rotatable bonds is 27. The van der Waals surface area contributed by atoms with Gasteiger partial charge in [-0.1, -0.05) is 101 Å². The minimum absolute atomic E-state index is 0. The molecule has 0 aliphatic carbocycles. The van der Waals surface area contributed by atoms with Crippen LogP contribution in [0.15, 0.2) is 94.8 Å². The number of carboxylic acids is 1. The fraction of sp³-hybridized carbons (Fsp3) is 0.486. The topological polar surface area (TPSA) is 208 Å². The van der Waals surface area contributed by atoms with Crippen molar-refractivity contribution in [2.75, 3.05) is 45.9 Å². The van der Waals surface area contributed by atoms with Crippen molar-refractivity contribution in [2.45, 2.75) is 165 Å². The molecule has 6 aromatic rings. The predicted molar refractivity (Wildman–Crippen MR) is 361 cm³/mol. The van der Waals surface area contributed by atoms with Crippen molar-refractivity contribution in [3.8, 4) is 22.3 Å². The number of carboxylic acid groups (broad SMARTS) is 1. The molecule has 4 atom stereocenters. The maximum absolute atomic E-state index is 15.9. The van der Waals surface area contributed by atoms with Crippen molar-refractivity contribution < 1.29 is 67.6 Å². The summed E-state index contributed by atoms with van der Waals surface area (Å²) in [5.74, 6) is -3.81. The summed E-state index contributed by atoms with van der Waals surface area (Å²) >= 11 is 12.9. The van der Waals surface area contributed by atoms with Gasteiger partial charge in [0.25, 0.3) is 11.1 Å². The zero-order valence-corrected chi connectivity index (χ0v) is 58.3. The van der Waals surface area contributed by atoms with Gasteiger partial charge in [-0.25, -0.2) is 8.78 Å². The van der Waals surface area contributed by atoms with Crippen LogP contribution in [0.1, 0.15) is 167 Å². The van der Waals surface area contributed by atoms with Gasteiger partial charge in [-0.15, -0.1) is 0 Å². The van der Waals surface area contributed by atoms with E-state index in [0.29, 0.717) is 35.8 Å². The summed E-state index contributed by atoms with van der Waals surface area (Å²) in [6.07, 6.45) is 4.97. The fourth-order valence-electron chi connectivity index (χ4n) is 13.3. The molecule has 4 aromatic carbocycles. The van der Waals surface area contributed by atoms with Gasteiger partial charge in [-0.3, -0.25) is 28.8 Å². The predicted octanol–water partition coefficient (Wildman–Crippen LogP) is 12.2. The molecule has 0 spiro atoms. The van der Waals surface area contributed by atoms with Crippen LogP contribution in [0.5, 0.6) is 0 Å². The molecular weight excluding hydrogens is 1220 g/mol. The van der Waals surface area contributed by atoms with E-state index in [4.69, 9.17) is 27.9 Å². The molecule has 93 heavy (non-hydrogen) atoms. The largest absolute Gasteiger partial charge is 1.00 e. The number of carbonyl (C=O) groups excluding carboxylic acids is 3. The molecule has 0 radical (unpaired) electrons. The standard InChI is InChI=1S/C38H48ClFN2O4.C36H44ClFN2O4.Li.2H2O/c1-8-46-36(45)19-29(31-16-30(17-32(39)38(31)40)37-25(5)10-9-11-26(37)6)18-34(43)33(14-23(2)3)42-22-28(27(7)15-35(42)44)12-13-41-20-24(4)21-41;1-21(2)12-31(40-20-26(25(6)13-33(40)42)10-11-39-18-22(3)19-39)32(41)16-27(17-34(43)44)29-14-28(15-30(37)36(29)38)35-23(4)8-7-9-24(35)5;;;/h9-11,15-17,22-24,29,33H,8,12-14,18-21H2,1-7H3;7-9,13-15,20-22,27,31H,10-12,16-19H2,1-6H3,(H,43,44);;2*1H2/q;;+1;;/p-2/t29-,33?;27-,31?;;;/m00.../s1. The van der Waals surface area contributed by atoms with Crippen molar-refractivity contribution >= 4 is 46.7 Å². The SMILES string of the molecule is CCOC(=O)C[C@H](CC(=O)C(CC(C)C)n1cc(CCN2CC(C)C2)c(C)cc1=O)c1cc(-c2c(C)cccc2C)cc(Cl)c1F.Cc1cc(=O)n(C(CC(C)C)C(=O)C[C@@H](CC(=O)O)c2cc(-c3c(C)cccc3C)cc(Cl)c2F)cc1CCN1CC(C)C1.[Li+].[OH-].[OH-]. The number of esters is 1. The van der Waals surface area contributed by atoms with Gasteiger partial charge in [0, 0.05) is 88.5 Å². The zero-order chi connectivity index (χ0) is 66.0. The van der Waals surface area contributed by atoms with Crippen LogP contribution in [0.25, 0.3) is 22.3 Å². The number of benzene rings is 4. The maximum Gasteiger partial charge on any atom is 1.00 e. The molecule has 2 aliphatic rings. The third kappa shape index (κ3) is 20.7. The van der Waals surface area contributed by atoms with E-state index in [-0.39, 0.29) is 111 Å². The number of pyridine rings is 2. The normalized spacial score (nSPS) is 14.7. The number of Topliss-reactive ketones (excluding diaryl/α,β-unsaturated/α-hetero) is 2. The van der Waals surface area contributed by atoms with E-state index in [1.807, 2.05) is 112 Å². The Labute approximate surface area is 570 Å². The van der Waals surface area contributed by atoms with E-state index in [1.165, 1.54) is 4.57 Å². The molecular formula is C74H94Cl2F2LiN4O10-. The smallest absolute Gasteiger partial charge is 0.870 e. The number of hydrogen-bond acceptors (Lipinski definition) is 11. The Morgan fingerprint density at radius 1 is 0.570 bits per heavy atom. The fourth-order valence-corrected chi connectivity index (χ4v) is 13.7. The van der Waals surface area contributed by atoms with Crippen molar-refractivity contribution in [3.05, 3.63) is 183 Å². The number of carbonyl (C=O) groups is 4. The molecule has 14 nitrogen and oxygen atoms in total. The van der Waals surface area contributed by atoms with Gasteiger partial charge in [-0.05, 0) is 200 Å². The van der Waals surface area contributed by atoms with Crippen LogP contribution in [0.2, 0.25) is 10.0 Å². The summed E-state index contributed by atoms with van der Waals surface area (Å²) in [7, 11) is 0. The number of ketones is 2. The first-order chi connectivity index (χ1) is 42.5. The van der Waals surface area contributed by atoms with Crippen molar-refractivity contribution in [3.63, 3.8) is 0 Å². The maximum atomic E-state index is 15.9. The van der Waals surface area contributed by atoms with E-state index < -0.39 is 53.9 Å². The minimum Gasteiger partial charge on any atom is -0.870 e. The number of ether oxygens (including phenoxy) is 1. The molecule has 3 N–H and O–H groups in total. The third-order valence-corrected chi connectivity index (χ3v) is 18.4. The molecule has 2 saturated heterocycles. The molecule has 2 fully saturated rings. The average molecular weight is 1320 g/mol. The van der Waals surface area contributed by atoms with E-state index >= 15 is 8.78 Å². The molecule has 8 rings (SSSR count). The summed E-state index contributed by atoms with van der Waals surface area (Å²) in [6.45, 7) is 32.0. The van der Waals surface area contributed by atoms with Crippen molar-refractivity contribution in [1.29, 1.82) is 0 Å². The third-order valence-electron chi connectivity index (χ3n) is 17.8. The molecule has 2 aliphatic heterocycles. The quantitative estimate of drug-likeness (QED) is 0.0377. The van der Waals surface area contributed by atoms with Crippen LogP contribution >= 0.6 is 23.2 Å². The van der Waals surface area contributed by atoms with Gasteiger partial charge < -0.3 is 39.7 Å². The summed E-state index contributed by atoms with van der Waals surface area (Å²) in [6, 6.07) is 19.8. The van der Waals surface area contributed by atoms with Crippen LogP contribution < -0.4 is 30.0 Å². The Hall–Kier alpha value is -6.06. The molecule has 0 saturated carbocycles. The van der Waals surface area contributed by atoms with E-state index in [0.717, 1.165) is 108 Å². The second kappa shape index (κ2) is 35.6. The van der Waals surface area contributed by atoms with Gasteiger partial charge in [0.1, 0.15) is 11.6 Å². The monoisotopic (exact) mass is 1310 g/mol. The first-order valence-electron chi connectivity index (χ1n) is 32.0. The average Bonchev–Trinajstić information content (AvgIpc) is 0.807. The van der Waals surface area contributed by atoms with Gasteiger partial charge in [-0.2, -0.15) is 0 Å². The number of aromatic nitrogens is 2. The first-order valence-corrected chi connectivity index (χ1v) is 32.7. The molecule has 0 amide bonds. The molecule has 2 aromatic heterocycles. The number of halogens is 4. The van der Waals surface area contributed by atoms with E-state index in [2.05, 4.69) is 23.6 Å². The van der Waals surface area contributed by atoms with Crippen LogP contribution in [0.3, 0.4) is 0 Å². The zero-order valence-electron chi connectivity index (χ0n) is 56.8. The van der Waals surface area contributed by atoms with Crippen LogP contribution in [-0.4, -0.2) is 104 Å². The summed E-state index contributed by atoms with van der Waals surface area (Å²) < 4.78 is 39.9. The van der Waals surface area contributed by atoms with Crippen LogP contribution in [0, 0.1) is 76.8 Å². The second-order valence-electron chi connectivity index (χ2n) is 26.6. The number of nitrogens with zero attached hydrogens (tertiary/aromatic N) is 4. The molecule has 19 heteroatoms. The van der Waals surface area contributed by atoms with Gasteiger partial charge in [0.2, 0.25) is 0 Å². The van der Waals surface area contributed by atoms with Crippen molar-refractivity contribution in [1.82, 2.24) is 18.9 Å². The number of aliphatic carboxylic acids is 1. The number of aryl methyl sites for hydroxylation is 6. The Morgan fingerprint density at radius 2 is 0.925 bits per heavy atom. The van der Waals surface area contributed by atoms with Gasteiger partial charge in [0.15, 0.2) is 11.6 Å². The van der Waals surface area contributed by atoms with Crippen molar-refractivity contribution in [2.24, 2.45) is 23.7 Å². The van der Waals surface area contributed by atoms with E-state index in [1.54, 1.807) is 54.1 Å². The van der Waals surface area contributed by atoms with Gasteiger partial charge >= 0.3 is 30.8 Å². The Kier molecular flexibility index (Phi) is 30.4. The molecule has 4 heterocycles. The second-order valence-corrected chi connectivity index (χ2v) is 27.4. The Bertz CT molecular complexity index is 3670. The van der Waals surface area contributed by atoms with Gasteiger partial charge in [0.05, 0.1) is 41.6 Å². The number of likely N-dealkylation sites (tertiary alicyclic amines) is 2. The van der Waals surface area contributed by atoms with Crippen LogP contribution in [0.4, 0.5) is 8.78 Å². The molecule has 500 valence electrons. The number of hydrogen-bond donors (Lipinski definition) is 1. The minimum atomic E-state index is -1.15. The Balaban J connectivity index is 0.000000384. The summed E-state index contributed by atoms with van der Waals surface area (Å²) in [5, 5.41) is 9.62. The summed E-state index contributed by atoms with van der Waals surface area (Å²) in [4.78, 5) is 84.7. The molecule has 0 bridgehead atoms.